The Morgan fingerprint density at radius 1 is 1.41 bits per heavy atom. The van der Waals surface area contributed by atoms with Crippen LogP contribution in [0.4, 0.5) is 0 Å². The summed E-state index contributed by atoms with van der Waals surface area (Å²) in [6.07, 6.45) is 0. The van der Waals surface area contributed by atoms with Gasteiger partial charge in [0.05, 0.1) is 16.7 Å². The lowest BCUT2D eigenvalue weighted by Gasteiger charge is -2.13. The third-order valence-electron chi connectivity index (χ3n) is 1.86. The quantitative estimate of drug-likeness (QED) is 0.864. The molecule has 1 aromatic rings. The van der Waals surface area contributed by atoms with Crippen LogP contribution in [0.1, 0.15) is 6.92 Å². The molecule has 0 aliphatic heterocycles. The van der Waals surface area contributed by atoms with Gasteiger partial charge >= 0.3 is 0 Å². The highest BCUT2D eigenvalue weighted by molar-refractivity contribution is 9.10. The lowest BCUT2D eigenvalue weighted by molar-refractivity contribution is 0.265. The van der Waals surface area contributed by atoms with E-state index in [-0.39, 0.29) is 21.5 Å². The van der Waals surface area contributed by atoms with Gasteiger partial charge in [-0.25, -0.2) is 13.1 Å². The Balaban J connectivity index is 3.25. The molecule has 0 bridgehead atoms. The zero-order valence-corrected chi connectivity index (χ0v) is 12.7. The lowest BCUT2D eigenvalue weighted by atomic mass is 10.4. The standard InChI is InChI=1S/C9H10BrCl2NO3S/c1-5(4-14)13-17(15,16)9-7(11)2-6(10)3-8(9)12/h2-3,5,13-14H,4H2,1H3/t5-/m1/s1. The molecule has 0 radical (unpaired) electrons. The van der Waals surface area contributed by atoms with Gasteiger partial charge in [-0.15, -0.1) is 0 Å². The molecule has 0 spiro atoms. The summed E-state index contributed by atoms with van der Waals surface area (Å²) in [6.45, 7) is 1.21. The minimum absolute atomic E-state index is 0.0158. The van der Waals surface area contributed by atoms with Crippen molar-refractivity contribution >= 4 is 49.2 Å². The van der Waals surface area contributed by atoms with Gasteiger partial charge in [-0.3, -0.25) is 0 Å². The van der Waals surface area contributed by atoms with Crippen LogP contribution in [0.2, 0.25) is 10.0 Å². The van der Waals surface area contributed by atoms with Crippen LogP contribution in [0.5, 0.6) is 0 Å². The van der Waals surface area contributed by atoms with E-state index in [0.717, 1.165) is 0 Å². The molecule has 0 aliphatic carbocycles. The minimum atomic E-state index is -3.84. The number of aliphatic hydroxyl groups is 1. The topological polar surface area (TPSA) is 66.4 Å². The van der Waals surface area contributed by atoms with Gasteiger partial charge in [0.1, 0.15) is 4.90 Å². The van der Waals surface area contributed by atoms with E-state index < -0.39 is 16.1 Å². The van der Waals surface area contributed by atoms with Crippen molar-refractivity contribution in [3.63, 3.8) is 0 Å². The average Bonchev–Trinajstić information content (AvgIpc) is 2.14. The summed E-state index contributed by atoms with van der Waals surface area (Å²) < 4.78 is 26.7. The SMILES string of the molecule is C[C@H](CO)NS(=O)(=O)c1c(Cl)cc(Br)cc1Cl. The number of halogens is 3. The monoisotopic (exact) mass is 361 g/mol. The molecule has 1 rings (SSSR count). The minimum Gasteiger partial charge on any atom is -0.395 e. The van der Waals surface area contributed by atoms with Crippen LogP contribution in [0.25, 0.3) is 0 Å². The highest BCUT2D eigenvalue weighted by Crippen LogP contribution is 2.32. The number of aliphatic hydroxyl groups excluding tert-OH is 1. The molecule has 96 valence electrons. The molecule has 1 aromatic carbocycles. The molecular formula is C9H10BrCl2NO3S. The van der Waals surface area contributed by atoms with Crippen LogP contribution in [0.15, 0.2) is 21.5 Å². The van der Waals surface area contributed by atoms with Crippen molar-refractivity contribution in [1.82, 2.24) is 4.72 Å². The number of sulfonamides is 1. The van der Waals surface area contributed by atoms with Gasteiger partial charge in [0.15, 0.2) is 0 Å². The number of nitrogens with one attached hydrogen (secondary N) is 1. The smallest absolute Gasteiger partial charge is 0.243 e. The molecule has 0 heterocycles. The average molecular weight is 363 g/mol. The van der Waals surface area contributed by atoms with E-state index in [1.54, 1.807) is 0 Å². The van der Waals surface area contributed by atoms with Crippen LogP contribution in [-0.4, -0.2) is 26.2 Å². The maximum atomic E-state index is 11.9. The van der Waals surface area contributed by atoms with Crippen LogP contribution in [0, 0.1) is 0 Å². The molecule has 0 amide bonds. The number of hydrogen-bond acceptors (Lipinski definition) is 3. The first-order valence-corrected chi connectivity index (χ1v) is 7.59. The van der Waals surface area contributed by atoms with E-state index in [1.807, 2.05) is 0 Å². The Morgan fingerprint density at radius 2 is 1.88 bits per heavy atom. The number of hydrogen-bond donors (Lipinski definition) is 2. The summed E-state index contributed by atoms with van der Waals surface area (Å²) in [5, 5.41) is 8.86. The Hall–Kier alpha value is 0.150. The molecule has 0 aliphatic rings. The van der Waals surface area contributed by atoms with E-state index in [4.69, 9.17) is 28.3 Å². The summed E-state index contributed by atoms with van der Waals surface area (Å²) in [7, 11) is -3.84. The van der Waals surface area contributed by atoms with E-state index in [0.29, 0.717) is 4.47 Å². The van der Waals surface area contributed by atoms with Crippen molar-refractivity contribution in [2.24, 2.45) is 0 Å². The molecule has 4 nitrogen and oxygen atoms in total. The molecule has 17 heavy (non-hydrogen) atoms. The molecule has 8 heteroatoms. The second-order valence-electron chi connectivity index (χ2n) is 3.40. The third kappa shape index (κ3) is 3.81. The van der Waals surface area contributed by atoms with Crippen molar-refractivity contribution in [2.45, 2.75) is 17.9 Å². The Morgan fingerprint density at radius 3 is 2.29 bits per heavy atom. The van der Waals surface area contributed by atoms with Gasteiger partial charge in [0, 0.05) is 10.5 Å². The van der Waals surface area contributed by atoms with Crippen LogP contribution < -0.4 is 4.72 Å². The predicted molar refractivity (Wildman–Crippen MR) is 71.0 cm³/mol. The molecule has 0 aromatic heterocycles. The van der Waals surface area contributed by atoms with E-state index in [1.165, 1.54) is 19.1 Å². The van der Waals surface area contributed by atoms with Gasteiger partial charge in [-0.05, 0) is 19.1 Å². The fraction of sp³-hybridized carbons (Fsp3) is 0.333. The van der Waals surface area contributed by atoms with Gasteiger partial charge in [0.2, 0.25) is 10.0 Å². The van der Waals surface area contributed by atoms with Gasteiger partial charge in [-0.2, -0.15) is 0 Å². The molecule has 1 atom stereocenters. The molecule has 0 fully saturated rings. The number of rotatable bonds is 4. The second-order valence-corrected chi connectivity index (χ2v) is 6.78. The normalized spacial score (nSPS) is 13.7. The summed E-state index contributed by atoms with van der Waals surface area (Å²) in [5.41, 5.74) is 0. The predicted octanol–water partition coefficient (Wildman–Crippen LogP) is 2.42. The fourth-order valence-corrected chi connectivity index (χ4v) is 4.32. The van der Waals surface area contributed by atoms with Crippen molar-refractivity contribution in [3.8, 4) is 0 Å². The molecule has 0 unspecified atom stereocenters. The van der Waals surface area contributed by atoms with Crippen molar-refractivity contribution in [3.05, 3.63) is 26.7 Å². The summed E-state index contributed by atoms with van der Waals surface area (Å²) in [4.78, 5) is -0.190. The Labute approximate surface area is 118 Å². The second kappa shape index (κ2) is 5.86. The molecule has 0 saturated carbocycles. The molecular weight excluding hydrogens is 353 g/mol. The maximum Gasteiger partial charge on any atom is 0.243 e. The lowest BCUT2D eigenvalue weighted by Crippen LogP contribution is -2.35. The van der Waals surface area contributed by atoms with E-state index >= 15 is 0 Å². The first kappa shape index (κ1) is 15.2. The highest BCUT2D eigenvalue weighted by atomic mass is 79.9. The summed E-state index contributed by atoms with van der Waals surface area (Å²) in [6, 6.07) is 2.26. The van der Waals surface area contributed by atoms with E-state index in [9.17, 15) is 8.42 Å². The van der Waals surface area contributed by atoms with Gasteiger partial charge in [0.25, 0.3) is 0 Å². The van der Waals surface area contributed by atoms with Crippen molar-refractivity contribution in [1.29, 1.82) is 0 Å². The zero-order valence-electron chi connectivity index (χ0n) is 8.75. The van der Waals surface area contributed by atoms with Crippen LogP contribution >= 0.6 is 39.1 Å². The van der Waals surface area contributed by atoms with Crippen LogP contribution in [0.3, 0.4) is 0 Å². The fourth-order valence-electron chi connectivity index (χ4n) is 1.15. The molecule has 0 saturated heterocycles. The largest absolute Gasteiger partial charge is 0.395 e. The summed E-state index contributed by atoms with van der Waals surface area (Å²) in [5.74, 6) is 0. The third-order valence-corrected chi connectivity index (χ3v) is 4.83. The highest BCUT2D eigenvalue weighted by Gasteiger charge is 2.23. The Kier molecular flexibility index (Phi) is 5.24. The van der Waals surface area contributed by atoms with Gasteiger partial charge in [-0.1, -0.05) is 39.1 Å². The van der Waals surface area contributed by atoms with Crippen LogP contribution in [-0.2, 0) is 10.0 Å². The first-order chi connectivity index (χ1) is 7.77. The van der Waals surface area contributed by atoms with Gasteiger partial charge < -0.3 is 5.11 Å². The zero-order chi connectivity index (χ0) is 13.2. The van der Waals surface area contributed by atoms with Crippen molar-refractivity contribution in [2.75, 3.05) is 6.61 Å². The maximum absolute atomic E-state index is 11.9. The van der Waals surface area contributed by atoms with Crippen molar-refractivity contribution < 1.29 is 13.5 Å². The number of benzene rings is 1. The van der Waals surface area contributed by atoms with E-state index in [2.05, 4.69) is 20.7 Å². The Bertz CT molecular complexity index is 498. The summed E-state index contributed by atoms with van der Waals surface area (Å²) >= 11 is 14.9. The molecule has 2 N–H and O–H groups in total. The first-order valence-electron chi connectivity index (χ1n) is 4.55.